The van der Waals surface area contributed by atoms with Crippen LogP contribution in [0, 0.1) is 11.3 Å². The second-order valence-electron chi connectivity index (χ2n) is 8.53. The summed E-state index contributed by atoms with van der Waals surface area (Å²) in [5.74, 6) is 0.866. The third kappa shape index (κ3) is 5.56. The maximum absolute atomic E-state index is 6.45. The number of nitrogens with one attached hydrogen (secondary N) is 1. The van der Waals surface area contributed by atoms with Crippen molar-refractivity contribution in [3.05, 3.63) is 0 Å². The van der Waals surface area contributed by atoms with Crippen LogP contribution < -0.4 is 5.32 Å². The van der Waals surface area contributed by atoms with Crippen LogP contribution in [0.1, 0.15) is 85.5 Å². The molecule has 0 bridgehead atoms. The Balaban J connectivity index is 1.83. The molecule has 2 aliphatic rings. The van der Waals surface area contributed by atoms with Gasteiger partial charge in [0.25, 0.3) is 0 Å². The largest absolute Gasteiger partial charge is 0.374 e. The Morgan fingerprint density at radius 1 is 1.05 bits per heavy atom. The first-order valence-corrected chi connectivity index (χ1v) is 9.32. The third-order valence-electron chi connectivity index (χ3n) is 5.57. The van der Waals surface area contributed by atoms with Crippen molar-refractivity contribution in [2.75, 3.05) is 13.2 Å². The van der Waals surface area contributed by atoms with Crippen LogP contribution in [0.5, 0.6) is 0 Å². The molecule has 0 spiro atoms. The van der Waals surface area contributed by atoms with Gasteiger partial charge in [0.15, 0.2) is 0 Å². The number of ether oxygens (including phenoxy) is 1. The van der Waals surface area contributed by atoms with Crippen LogP contribution in [0.15, 0.2) is 0 Å². The van der Waals surface area contributed by atoms with Crippen molar-refractivity contribution >= 4 is 0 Å². The number of unbranched alkanes of at least 4 members (excludes halogenated alkanes) is 2. The summed E-state index contributed by atoms with van der Waals surface area (Å²) in [6.07, 6.45) is 11.7. The van der Waals surface area contributed by atoms with E-state index in [-0.39, 0.29) is 5.60 Å². The molecule has 0 heterocycles. The SMILES string of the molecule is CCCCCOC1(CNC2CC2)CCC(C(C)(C)C)CC1. The molecule has 2 nitrogen and oxygen atoms in total. The molecular formula is C19H37NO. The molecule has 0 unspecified atom stereocenters. The maximum atomic E-state index is 6.45. The molecule has 0 aromatic heterocycles. The van der Waals surface area contributed by atoms with E-state index in [0.29, 0.717) is 5.41 Å². The lowest BCUT2D eigenvalue weighted by atomic mass is 9.68. The molecule has 0 atom stereocenters. The minimum absolute atomic E-state index is 0.137. The molecule has 0 aromatic carbocycles. The summed E-state index contributed by atoms with van der Waals surface area (Å²) in [4.78, 5) is 0. The fraction of sp³-hybridized carbons (Fsp3) is 1.00. The van der Waals surface area contributed by atoms with Gasteiger partial charge in [-0.3, -0.25) is 0 Å². The Hall–Kier alpha value is -0.0800. The minimum atomic E-state index is 0.137. The quantitative estimate of drug-likeness (QED) is 0.642. The molecule has 2 saturated carbocycles. The van der Waals surface area contributed by atoms with E-state index in [9.17, 15) is 0 Å². The molecule has 0 saturated heterocycles. The van der Waals surface area contributed by atoms with Gasteiger partial charge in [-0.15, -0.1) is 0 Å². The first-order valence-electron chi connectivity index (χ1n) is 9.32. The fourth-order valence-corrected chi connectivity index (χ4v) is 3.64. The van der Waals surface area contributed by atoms with Crippen molar-refractivity contribution in [2.24, 2.45) is 11.3 Å². The monoisotopic (exact) mass is 295 g/mol. The van der Waals surface area contributed by atoms with E-state index in [4.69, 9.17) is 4.74 Å². The number of hydrogen-bond donors (Lipinski definition) is 1. The van der Waals surface area contributed by atoms with Crippen molar-refractivity contribution in [3.8, 4) is 0 Å². The van der Waals surface area contributed by atoms with Gasteiger partial charge in [-0.1, -0.05) is 40.5 Å². The predicted octanol–water partition coefficient (Wildman–Crippen LogP) is 4.92. The molecule has 2 aliphatic carbocycles. The molecule has 0 aromatic rings. The van der Waals surface area contributed by atoms with E-state index >= 15 is 0 Å². The van der Waals surface area contributed by atoms with Crippen molar-refractivity contribution in [1.29, 1.82) is 0 Å². The summed E-state index contributed by atoms with van der Waals surface area (Å²) in [7, 11) is 0. The molecule has 2 heteroatoms. The maximum Gasteiger partial charge on any atom is 0.0806 e. The van der Waals surface area contributed by atoms with Crippen molar-refractivity contribution in [3.63, 3.8) is 0 Å². The van der Waals surface area contributed by atoms with E-state index in [1.165, 1.54) is 57.8 Å². The van der Waals surface area contributed by atoms with Gasteiger partial charge in [-0.05, 0) is 56.3 Å². The molecule has 21 heavy (non-hydrogen) atoms. The molecule has 2 rings (SSSR count). The lowest BCUT2D eigenvalue weighted by Gasteiger charge is -2.44. The van der Waals surface area contributed by atoms with Gasteiger partial charge < -0.3 is 10.1 Å². The highest BCUT2D eigenvalue weighted by Crippen LogP contribution is 2.43. The zero-order valence-corrected chi connectivity index (χ0v) is 14.8. The van der Waals surface area contributed by atoms with Gasteiger partial charge in [0.2, 0.25) is 0 Å². The predicted molar refractivity (Wildman–Crippen MR) is 90.6 cm³/mol. The Labute approximate surface area is 132 Å². The first kappa shape index (κ1) is 17.3. The summed E-state index contributed by atoms with van der Waals surface area (Å²) in [6.45, 7) is 11.5. The summed E-state index contributed by atoms with van der Waals surface area (Å²) in [6, 6.07) is 0.793. The zero-order chi connectivity index (χ0) is 15.3. The van der Waals surface area contributed by atoms with Gasteiger partial charge in [0.05, 0.1) is 5.60 Å². The molecule has 124 valence electrons. The minimum Gasteiger partial charge on any atom is -0.374 e. The highest BCUT2D eigenvalue weighted by atomic mass is 16.5. The molecule has 1 N–H and O–H groups in total. The van der Waals surface area contributed by atoms with Gasteiger partial charge in [0.1, 0.15) is 0 Å². The summed E-state index contributed by atoms with van der Waals surface area (Å²) >= 11 is 0. The molecule has 2 fully saturated rings. The van der Waals surface area contributed by atoms with Crippen LogP contribution in [-0.2, 0) is 4.74 Å². The van der Waals surface area contributed by atoms with E-state index < -0.39 is 0 Å². The first-order chi connectivity index (χ1) is 9.95. The van der Waals surface area contributed by atoms with Crippen LogP contribution >= 0.6 is 0 Å². The Morgan fingerprint density at radius 3 is 2.24 bits per heavy atom. The second kappa shape index (κ2) is 7.46. The van der Waals surface area contributed by atoms with Gasteiger partial charge in [-0.25, -0.2) is 0 Å². The zero-order valence-electron chi connectivity index (χ0n) is 14.8. The van der Waals surface area contributed by atoms with Gasteiger partial charge in [0, 0.05) is 19.2 Å². The Morgan fingerprint density at radius 2 is 1.71 bits per heavy atom. The third-order valence-corrected chi connectivity index (χ3v) is 5.57. The second-order valence-corrected chi connectivity index (χ2v) is 8.53. The standard InChI is InChI=1S/C19H37NO/c1-5-6-7-14-21-19(15-20-17-8-9-17)12-10-16(11-13-19)18(2,3)4/h16-17,20H,5-15H2,1-4H3. The lowest BCUT2D eigenvalue weighted by Crippen LogP contribution is -2.48. The summed E-state index contributed by atoms with van der Waals surface area (Å²) in [5, 5.41) is 3.74. The topological polar surface area (TPSA) is 21.3 Å². The summed E-state index contributed by atoms with van der Waals surface area (Å²) < 4.78 is 6.45. The lowest BCUT2D eigenvalue weighted by molar-refractivity contribution is -0.0856. The normalized spacial score (nSPS) is 30.6. The van der Waals surface area contributed by atoms with Crippen molar-refractivity contribution in [1.82, 2.24) is 5.32 Å². The number of rotatable bonds is 8. The fourth-order valence-electron chi connectivity index (χ4n) is 3.64. The van der Waals surface area contributed by atoms with E-state index in [0.717, 1.165) is 25.1 Å². The number of hydrogen-bond acceptors (Lipinski definition) is 2. The molecular weight excluding hydrogens is 258 g/mol. The van der Waals surface area contributed by atoms with Crippen LogP contribution in [0.4, 0.5) is 0 Å². The average molecular weight is 296 g/mol. The van der Waals surface area contributed by atoms with Crippen molar-refractivity contribution < 1.29 is 4.74 Å². The van der Waals surface area contributed by atoms with Gasteiger partial charge in [-0.2, -0.15) is 0 Å². The van der Waals surface area contributed by atoms with Crippen LogP contribution in [-0.4, -0.2) is 24.8 Å². The summed E-state index contributed by atoms with van der Waals surface area (Å²) in [5.41, 5.74) is 0.594. The Bertz CT molecular complexity index is 295. The molecule has 0 amide bonds. The highest BCUT2D eigenvalue weighted by molar-refractivity contribution is 4.94. The molecule has 0 aliphatic heterocycles. The van der Waals surface area contributed by atoms with Crippen LogP contribution in [0.3, 0.4) is 0 Å². The Kier molecular flexibility index (Phi) is 6.14. The smallest absolute Gasteiger partial charge is 0.0806 e. The average Bonchev–Trinajstić information content (AvgIpc) is 3.25. The van der Waals surface area contributed by atoms with E-state index in [2.05, 4.69) is 33.0 Å². The molecule has 0 radical (unpaired) electrons. The van der Waals surface area contributed by atoms with Crippen LogP contribution in [0.25, 0.3) is 0 Å². The van der Waals surface area contributed by atoms with E-state index in [1.54, 1.807) is 0 Å². The van der Waals surface area contributed by atoms with Crippen LogP contribution in [0.2, 0.25) is 0 Å². The van der Waals surface area contributed by atoms with Gasteiger partial charge >= 0.3 is 0 Å². The van der Waals surface area contributed by atoms with E-state index in [1.807, 2.05) is 0 Å². The highest BCUT2D eigenvalue weighted by Gasteiger charge is 2.40. The van der Waals surface area contributed by atoms with Crippen molar-refractivity contribution in [2.45, 2.75) is 97.1 Å².